The van der Waals surface area contributed by atoms with Crippen LogP contribution in [0.4, 0.5) is 10.8 Å². The van der Waals surface area contributed by atoms with E-state index in [2.05, 4.69) is 22.6 Å². The van der Waals surface area contributed by atoms with Crippen LogP contribution in [-0.2, 0) is 6.42 Å². The molecule has 0 fully saturated rings. The van der Waals surface area contributed by atoms with Crippen LogP contribution in [0.5, 0.6) is 0 Å². The molecule has 0 bridgehead atoms. The lowest BCUT2D eigenvalue weighted by Crippen LogP contribution is -1.90. The second-order valence-electron chi connectivity index (χ2n) is 3.74. The first-order valence-corrected chi connectivity index (χ1v) is 6.53. The van der Waals surface area contributed by atoms with Crippen LogP contribution in [0.2, 0.25) is 0 Å². The van der Waals surface area contributed by atoms with Gasteiger partial charge in [-0.05, 0) is 25.0 Å². The molecule has 1 aromatic carbocycles. The van der Waals surface area contributed by atoms with E-state index in [1.54, 1.807) is 11.3 Å². The molecule has 0 radical (unpaired) electrons. The molecule has 2 rings (SSSR count). The van der Waals surface area contributed by atoms with E-state index >= 15 is 0 Å². The van der Waals surface area contributed by atoms with Gasteiger partial charge in [0, 0.05) is 11.1 Å². The van der Waals surface area contributed by atoms with Crippen molar-refractivity contribution in [3.8, 4) is 0 Å². The van der Waals surface area contributed by atoms with Gasteiger partial charge in [0.2, 0.25) is 0 Å². The van der Waals surface area contributed by atoms with Crippen molar-refractivity contribution in [1.82, 2.24) is 4.98 Å². The van der Waals surface area contributed by atoms with Crippen LogP contribution in [0.3, 0.4) is 0 Å². The number of hydrogen-bond donors (Lipinski definition) is 1. The molecular formula is C13H16N2S. The molecule has 0 atom stereocenters. The van der Waals surface area contributed by atoms with Crippen molar-refractivity contribution in [2.75, 3.05) is 5.32 Å². The summed E-state index contributed by atoms with van der Waals surface area (Å²) in [7, 11) is 0. The first-order chi connectivity index (χ1) is 7.88. The lowest BCUT2D eigenvalue weighted by atomic mass is 10.2. The summed E-state index contributed by atoms with van der Waals surface area (Å²) >= 11 is 1.67. The number of hydrogen-bond acceptors (Lipinski definition) is 3. The minimum atomic E-state index is 0.984. The molecule has 1 heterocycles. The van der Waals surface area contributed by atoms with Crippen LogP contribution in [0.15, 0.2) is 35.7 Å². The van der Waals surface area contributed by atoms with Gasteiger partial charge in [-0.3, -0.25) is 0 Å². The van der Waals surface area contributed by atoms with E-state index in [0.717, 1.165) is 17.2 Å². The lowest BCUT2D eigenvalue weighted by molar-refractivity contribution is 0.782. The molecule has 3 heteroatoms. The molecule has 0 aliphatic heterocycles. The molecule has 0 aliphatic carbocycles. The molecule has 2 nitrogen and oxygen atoms in total. The number of nitrogens with one attached hydrogen (secondary N) is 1. The minimum absolute atomic E-state index is 0.984. The fraction of sp³-hybridized carbons (Fsp3) is 0.308. The fourth-order valence-corrected chi connectivity index (χ4v) is 2.25. The molecule has 0 saturated heterocycles. The molecule has 0 saturated carbocycles. The second-order valence-corrected chi connectivity index (χ2v) is 4.60. The number of para-hydroxylation sites is 1. The second kappa shape index (κ2) is 5.66. The van der Waals surface area contributed by atoms with Gasteiger partial charge < -0.3 is 5.32 Å². The van der Waals surface area contributed by atoms with Gasteiger partial charge in [-0.1, -0.05) is 31.5 Å². The zero-order valence-corrected chi connectivity index (χ0v) is 10.3. The van der Waals surface area contributed by atoms with Crippen molar-refractivity contribution in [3.05, 3.63) is 41.4 Å². The Balaban J connectivity index is 1.97. The number of anilines is 2. The van der Waals surface area contributed by atoms with Crippen LogP contribution < -0.4 is 5.32 Å². The van der Waals surface area contributed by atoms with E-state index < -0.39 is 0 Å². The van der Waals surface area contributed by atoms with Crippen molar-refractivity contribution in [2.24, 2.45) is 0 Å². The standard InChI is InChI=1S/C13H16N2S/c1-2-3-7-12-10-16-13(15-12)14-11-8-5-4-6-9-11/h4-6,8-10H,2-3,7H2,1H3,(H,14,15). The molecular weight excluding hydrogens is 216 g/mol. The predicted octanol–water partition coefficient (Wildman–Crippen LogP) is 4.23. The van der Waals surface area contributed by atoms with Gasteiger partial charge in [-0.2, -0.15) is 0 Å². The highest BCUT2D eigenvalue weighted by Gasteiger charge is 2.01. The number of nitrogens with zero attached hydrogens (tertiary/aromatic N) is 1. The van der Waals surface area contributed by atoms with Crippen LogP contribution in [0, 0.1) is 0 Å². The maximum Gasteiger partial charge on any atom is 0.187 e. The average Bonchev–Trinajstić information content (AvgIpc) is 2.75. The molecule has 16 heavy (non-hydrogen) atoms. The van der Waals surface area contributed by atoms with Gasteiger partial charge in [-0.15, -0.1) is 11.3 Å². The molecule has 0 aliphatic rings. The summed E-state index contributed by atoms with van der Waals surface area (Å²) in [5.41, 5.74) is 2.30. The third-order valence-corrected chi connectivity index (χ3v) is 3.17. The molecule has 0 amide bonds. The van der Waals surface area contributed by atoms with E-state index in [1.807, 2.05) is 30.3 Å². The fourth-order valence-electron chi connectivity index (χ4n) is 1.48. The van der Waals surface area contributed by atoms with Crippen molar-refractivity contribution < 1.29 is 0 Å². The first kappa shape index (κ1) is 11.1. The summed E-state index contributed by atoms with van der Waals surface area (Å²) in [6, 6.07) is 10.2. The molecule has 0 unspecified atom stereocenters. The lowest BCUT2D eigenvalue weighted by Gasteiger charge is -2.00. The van der Waals surface area contributed by atoms with Crippen LogP contribution >= 0.6 is 11.3 Å². The number of benzene rings is 1. The van der Waals surface area contributed by atoms with Gasteiger partial charge >= 0.3 is 0 Å². The summed E-state index contributed by atoms with van der Waals surface area (Å²) in [4.78, 5) is 4.55. The van der Waals surface area contributed by atoms with Gasteiger partial charge in [0.05, 0.1) is 5.69 Å². The number of unbranched alkanes of at least 4 members (excludes halogenated alkanes) is 1. The predicted molar refractivity (Wildman–Crippen MR) is 70.5 cm³/mol. The highest BCUT2D eigenvalue weighted by molar-refractivity contribution is 7.13. The van der Waals surface area contributed by atoms with Crippen LogP contribution in [-0.4, -0.2) is 4.98 Å². The molecule has 1 aromatic heterocycles. The van der Waals surface area contributed by atoms with Gasteiger partial charge in [-0.25, -0.2) is 4.98 Å². The summed E-state index contributed by atoms with van der Waals surface area (Å²) in [6.45, 7) is 2.20. The quantitative estimate of drug-likeness (QED) is 0.834. The number of aromatic nitrogens is 1. The van der Waals surface area contributed by atoms with E-state index in [9.17, 15) is 0 Å². The monoisotopic (exact) mass is 232 g/mol. The SMILES string of the molecule is CCCCc1csc(Nc2ccccc2)n1. The highest BCUT2D eigenvalue weighted by atomic mass is 32.1. The third-order valence-electron chi connectivity index (χ3n) is 2.36. The zero-order valence-electron chi connectivity index (χ0n) is 9.44. The Kier molecular flexibility index (Phi) is 3.94. The topological polar surface area (TPSA) is 24.9 Å². The number of thiazole rings is 1. The normalized spacial score (nSPS) is 10.3. The molecule has 1 N–H and O–H groups in total. The van der Waals surface area contributed by atoms with Crippen LogP contribution in [0.25, 0.3) is 0 Å². The van der Waals surface area contributed by atoms with E-state index in [4.69, 9.17) is 0 Å². The Bertz CT molecular complexity index is 423. The van der Waals surface area contributed by atoms with Gasteiger partial charge in [0.15, 0.2) is 5.13 Å². The summed E-state index contributed by atoms with van der Waals surface area (Å²) in [6.07, 6.45) is 3.52. The zero-order chi connectivity index (χ0) is 11.2. The number of aryl methyl sites for hydroxylation is 1. The number of rotatable bonds is 5. The van der Waals surface area contributed by atoms with E-state index in [0.29, 0.717) is 0 Å². The Labute approximate surface area is 100 Å². The van der Waals surface area contributed by atoms with Gasteiger partial charge in [0.1, 0.15) is 0 Å². The largest absolute Gasteiger partial charge is 0.332 e. The van der Waals surface area contributed by atoms with Crippen molar-refractivity contribution in [2.45, 2.75) is 26.2 Å². The minimum Gasteiger partial charge on any atom is -0.332 e. The maximum atomic E-state index is 4.55. The summed E-state index contributed by atoms with van der Waals surface area (Å²) < 4.78 is 0. The van der Waals surface area contributed by atoms with Crippen molar-refractivity contribution in [3.63, 3.8) is 0 Å². The van der Waals surface area contributed by atoms with Crippen molar-refractivity contribution in [1.29, 1.82) is 0 Å². The maximum absolute atomic E-state index is 4.55. The molecule has 2 aromatic rings. The van der Waals surface area contributed by atoms with Crippen LogP contribution in [0.1, 0.15) is 25.5 Å². The van der Waals surface area contributed by atoms with E-state index in [-0.39, 0.29) is 0 Å². The summed E-state index contributed by atoms with van der Waals surface area (Å²) in [5, 5.41) is 6.43. The van der Waals surface area contributed by atoms with E-state index in [1.165, 1.54) is 18.5 Å². The Morgan fingerprint density at radius 3 is 2.81 bits per heavy atom. The first-order valence-electron chi connectivity index (χ1n) is 5.65. The summed E-state index contributed by atoms with van der Waals surface area (Å²) in [5.74, 6) is 0. The third kappa shape index (κ3) is 3.07. The molecule has 84 valence electrons. The average molecular weight is 232 g/mol. The van der Waals surface area contributed by atoms with Crippen molar-refractivity contribution >= 4 is 22.2 Å². The Hall–Kier alpha value is -1.35. The smallest absolute Gasteiger partial charge is 0.187 e. The Morgan fingerprint density at radius 2 is 2.06 bits per heavy atom. The molecule has 0 spiro atoms. The van der Waals surface area contributed by atoms with Gasteiger partial charge in [0.25, 0.3) is 0 Å². The highest BCUT2D eigenvalue weighted by Crippen LogP contribution is 2.21. The Morgan fingerprint density at radius 1 is 1.25 bits per heavy atom.